The molecule has 2 aromatic heterocycles. The molecule has 10 nitrogen and oxygen atoms in total. The predicted molar refractivity (Wildman–Crippen MR) is 166 cm³/mol. The average molecular weight is 621 g/mol. The van der Waals surface area contributed by atoms with E-state index in [-0.39, 0.29) is 24.4 Å². The van der Waals surface area contributed by atoms with E-state index in [2.05, 4.69) is 22.0 Å². The summed E-state index contributed by atoms with van der Waals surface area (Å²) in [5.74, 6) is -0.123. The first-order valence-corrected chi connectivity index (χ1v) is 15.8. The van der Waals surface area contributed by atoms with Gasteiger partial charge >= 0.3 is 6.09 Å². The lowest BCUT2D eigenvalue weighted by molar-refractivity contribution is -0.144. The molecule has 2 saturated heterocycles. The minimum Gasteiger partial charge on any atom is -0.444 e. The van der Waals surface area contributed by atoms with E-state index in [9.17, 15) is 14.7 Å². The number of benzene rings is 1. The van der Waals surface area contributed by atoms with Gasteiger partial charge in [-0.3, -0.25) is 19.6 Å². The molecule has 4 atom stereocenters. The molecule has 234 valence electrons. The third kappa shape index (κ3) is 6.62. The Kier molecular flexibility index (Phi) is 8.68. The number of piperazine rings is 1. The number of carbonyl (C=O) groups is 2. The van der Waals surface area contributed by atoms with Gasteiger partial charge in [0.05, 0.1) is 24.2 Å². The second kappa shape index (κ2) is 12.5. The van der Waals surface area contributed by atoms with Crippen LogP contribution in [0.1, 0.15) is 55.6 Å². The van der Waals surface area contributed by atoms with Crippen LogP contribution in [-0.4, -0.2) is 96.8 Å². The molecule has 44 heavy (non-hydrogen) atoms. The number of aliphatic hydroxyl groups is 1. The van der Waals surface area contributed by atoms with Crippen LogP contribution in [0.15, 0.2) is 55.2 Å². The van der Waals surface area contributed by atoms with E-state index in [4.69, 9.17) is 21.3 Å². The molecule has 2 fully saturated rings. The number of nitrogens with zero attached hydrogens (tertiary/aromatic N) is 6. The normalized spacial score (nSPS) is 24.3. The number of ether oxygens (including phenoxy) is 1. The Morgan fingerprint density at radius 2 is 1.89 bits per heavy atom. The monoisotopic (exact) mass is 620 g/mol. The van der Waals surface area contributed by atoms with Crippen molar-refractivity contribution in [2.24, 2.45) is 5.92 Å². The maximum atomic E-state index is 14.4. The van der Waals surface area contributed by atoms with Gasteiger partial charge in [-0.1, -0.05) is 23.7 Å². The van der Waals surface area contributed by atoms with Crippen LogP contribution in [0.5, 0.6) is 0 Å². The minimum atomic E-state index is -0.788. The van der Waals surface area contributed by atoms with Crippen LogP contribution in [0.2, 0.25) is 5.02 Å². The molecule has 2 amide bonds. The zero-order valence-corrected chi connectivity index (χ0v) is 26.4. The van der Waals surface area contributed by atoms with Gasteiger partial charge in [0.2, 0.25) is 5.91 Å². The summed E-state index contributed by atoms with van der Waals surface area (Å²) in [5.41, 5.74) is 3.72. The molecule has 1 N–H and O–H groups in total. The van der Waals surface area contributed by atoms with Gasteiger partial charge in [-0.2, -0.15) is 0 Å². The van der Waals surface area contributed by atoms with E-state index >= 15 is 0 Å². The number of β-amino-alcohol motifs (C(OH)–C–C–N with tert-alkyl or cyclic N) is 1. The molecule has 0 radical (unpaired) electrons. The van der Waals surface area contributed by atoms with Crippen molar-refractivity contribution in [2.75, 3.05) is 32.7 Å². The highest BCUT2D eigenvalue weighted by Gasteiger charge is 2.44. The van der Waals surface area contributed by atoms with Crippen LogP contribution in [0.4, 0.5) is 4.79 Å². The van der Waals surface area contributed by atoms with Gasteiger partial charge < -0.3 is 19.3 Å². The summed E-state index contributed by atoms with van der Waals surface area (Å²) in [6.07, 6.45) is 8.32. The van der Waals surface area contributed by atoms with Gasteiger partial charge in [0, 0.05) is 62.9 Å². The van der Waals surface area contributed by atoms with Crippen molar-refractivity contribution in [1.29, 1.82) is 0 Å². The van der Waals surface area contributed by atoms with E-state index in [0.717, 1.165) is 24.1 Å². The largest absolute Gasteiger partial charge is 0.444 e. The van der Waals surface area contributed by atoms with Crippen molar-refractivity contribution >= 4 is 23.6 Å². The van der Waals surface area contributed by atoms with E-state index in [0.29, 0.717) is 44.2 Å². The van der Waals surface area contributed by atoms with Crippen LogP contribution in [0.25, 0.3) is 0 Å². The number of imidazole rings is 1. The highest BCUT2D eigenvalue weighted by Crippen LogP contribution is 2.38. The first-order chi connectivity index (χ1) is 21.1. The Morgan fingerprint density at radius 1 is 1.07 bits per heavy atom. The van der Waals surface area contributed by atoms with Gasteiger partial charge in [0.15, 0.2) is 0 Å². The molecule has 3 aliphatic rings. The van der Waals surface area contributed by atoms with E-state index in [1.165, 1.54) is 11.1 Å². The highest BCUT2D eigenvalue weighted by atomic mass is 35.5. The Morgan fingerprint density at radius 3 is 2.66 bits per heavy atom. The topological polar surface area (TPSA) is 104 Å². The Labute approximate surface area is 263 Å². The molecule has 1 aliphatic carbocycles. The van der Waals surface area contributed by atoms with Gasteiger partial charge in [0.1, 0.15) is 11.6 Å². The Hall–Kier alpha value is -3.47. The number of halogens is 1. The number of hydrogen-bond acceptors (Lipinski definition) is 7. The summed E-state index contributed by atoms with van der Waals surface area (Å²) in [5, 5.41) is 11.5. The molecule has 0 bridgehead atoms. The lowest BCUT2D eigenvalue weighted by Crippen LogP contribution is -2.63. The molecule has 0 spiro atoms. The fourth-order valence-corrected chi connectivity index (χ4v) is 7.13. The number of piperidine rings is 1. The van der Waals surface area contributed by atoms with Crippen molar-refractivity contribution < 1.29 is 19.4 Å². The second-order valence-corrected chi connectivity index (χ2v) is 13.7. The Balaban J connectivity index is 1.32. The summed E-state index contributed by atoms with van der Waals surface area (Å²) < 4.78 is 7.77. The quantitative estimate of drug-likeness (QED) is 0.471. The van der Waals surface area contributed by atoms with Crippen molar-refractivity contribution in [3.8, 4) is 0 Å². The third-order valence-electron chi connectivity index (χ3n) is 8.79. The molecule has 6 rings (SSSR count). The highest BCUT2D eigenvalue weighted by molar-refractivity contribution is 6.30. The zero-order chi connectivity index (χ0) is 31.0. The Bertz CT molecular complexity index is 1490. The molecular weight excluding hydrogens is 580 g/mol. The number of aromatic nitrogens is 3. The van der Waals surface area contributed by atoms with Crippen LogP contribution in [0.3, 0.4) is 0 Å². The lowest BCUT2D eigenvalue weighted by Gasteiger charge is -2.46. The summed E-state index contributed by atoms with van der Waals surface area (Å²) in [6, 6.07) is 9.12. The predicted octanol–water partition coefficient (Wildman–Crippen LogP) is 3.95. The molecule has 3 aromatic rings. The van der Waals surface area contributed by atoms with Crippen molar-refractivity contribution in [2.45, 2.75) is 70.4 Å². The molecule has 11 heteroatoms. The fraction of sp³-hybridized carbons (Fsp3) is 0.515. The first-order valence-electron chi connectivity index (χ1n) is 15.4. The van der Waals surface area contributed by atoms with Gasteiger partial charge in [-0.05, 0) is 80.8 Å². The number of hydrogen-bond donors (Lipinski definition) is 1. The molecule has 4 heterocycles. The SMILES string of the molecule is CC(C)(C)OC(=O)N1CCN([C@@H]2c3ccc(Cl)cc3CCc3cccnc32)C[C@@H]1C(=O)N1CC(O)CC(Cn2ccnc2)C1. The van der Waals surface area contributed by atoms with Crippen molar-refractivity contribution in [3.05, 3.63) is 82.7 Å². The number of amides is 2. The molecule has 2 unspecified atom stereocenters. The first kappa shape index (κ1) is 30.6. The number of aliphatic hydroxyl groups excluding tert-OH is 1. The summed E-state index contributed by atoms with van der Waals surface area (Å²) in [4.78, 5) is 42.6. The minimum absolute atomic E-state index is 0.0566. The number of aryl methyl sites for hydroxylation is 2. The van der Waals surface area contributed by atoms with Crippen LogP contribution >= 0.6 is 11.6 Å². The second-order valence-electron chi connectivity index (χ2n) is 13.2. The zero-order valence-electron chi connectivity index (χ0n) is 25.6. The third-order valence-corrected chi connectivity index (χ3v) is 9.03. The summed E-state index contributed by atoms with van der Waals surface area (Å²) in [6.45, 7) is 8.02. The van der Waals surface area contributed by atoms with Gasteiger partial charge in [0.25, 0.3) is 0 Å². The number of likely N-dealkylation sites (tertiary alicyclic amines) is 1. The van der Waals surface area contributed by atoms with E-state index in [1.807, 2.05) is 55.9 Å². The smallest absolute Gasteiger partial charge is 0.411 e. The summed E-state index contributed by atoms with van der Waals surface area (Å²) >= 11 is 6.44. The van der Waals surface area contributed by atoms with Gasteiger partial charge in [-0.15, -0.1) is 0 Å². The van der Waals surface area contributed by atoms with Crippen LogP contribution in [-0.2, 0) is 28.9 Å². The maximum absolute atomic E-state index is 14.4. The van der Waals surface area contributed by atoms with Crippen molar-refractivity contribution in [1.82, 2.24) is 29.2 Å². The number of pyridine rings is 1. The number of fused-ring (bicyclic) bond motifs is 2. The van der Waals surface area contributed by atoms with E-state index < -0.39 is 23.8 Å². The van der Waals surface area contributed by atoms with E-state index in [1.54, 1.807) is 22.3 Å². The van der Waals surface area contributed by atoms with Crippen molar-refractivity contribution in [3.63, 3.8) is 0 Å². The average Bonchev–Trinajstić information content (AvgIpc) is 3.43. The van der Waals surface area contributed by atoms with Gasteiger partial charge in [-0.25, -0.2) is 9.78 Å². The fourth-order valence-electron chi connectivity index (χ4n) is 6.93. The maximum Gasteiger partial charge on any atom is 0.411 e. The molecule has 0 saturated carbocycles. The summed E-state index contributed by atoms with van der Waals surface area (Å²) in [7, 11) is 0. The van der Waals surface area contributed by atoms with Crippen LogP contribution in [0, 0.1) is 5.92 Å². The molecule has 2 aliphatic heterocycles. The number of rotatable bonds is 4. The van der Waals surface area contributed by atoms with Crippen LogP contribution < -0.4 is 0 Å². The number of carbonyl (C=O) groups excluding carboxylic acids is 2. The standard InChI is InChI=1S/C33H41ClN6O4/c1-33(2,3)44-32(43)40-14-13-38(30-27-9-8-25(34)16-24(27)7-6-23-5-4-10-36-29(23)30)20-28(40)31(42)39-18-22(15-26(41)19-39)17-37-12-11-35-21-37/h4-5,8-12,16,21-22,26,28,30,41H,6-7,13-15,17-20H2,1-3H3/t22?,26?,28-,30-/m1/s1. The lowest BCUT2D eigenvalue weighted by atomic mass is 9.93. The molecule has 1 aromatic carbocycles. The molecular formula is C33H41ClN6O4.